The van der Waals surface area contributed by atoms with Gasteiger partial charge in [-0.15, -0.1) is 0 Å². The molecule has 0 aliphatic heterocycles. The van der Waals surface area contributed by atoms with E-state index in [1.165, 1.54) is 4.80 Å². The van der Waals surface area contributed by atoms with Gasteiger partial charge in [-0.3, -0.25) is 0 Å². The second kappa shape index (κ2) is 6.58. The fourth-order valence-corrected chi connectivity index (χ4v) is 3.86. The first kappa shape index (κ1) is 16.6. The Balaban J connectivity index is 2.24. The molecule has 1 heterocycles. The zero-order valence-electron chi connectivity index (χ0n) is 13.3. The molecule has 1 atom stereocenters. The van der Waals surface area contributed by atoms with Crippen LogP contribution < -0.4 is 4.72 Å². The minimum atomic E-state index is -3.57. The molecule has 1 N–H and O–H groups in total. The van der Waals surface area contributed by atoms with Gasteiger partial charge in [0.15, 0.2) is 0 Å². The first-order valence-electron chi connectivity index (χ1n) is 7.23. The van der Waals surface area contributed by atoms with Crippen molar-refractivity contribution in [3.63, 3.8) is 0 Å². The van der Waals surface area contributed by atoms with Crippen molar-refractivity contribution in [3.8, 4) is 0 Å². The molecule has 0 fully saturated rings. The molecule has 0 aliphatic carbocycles. The Kier molecular flexibility index (Phi) is 4.97. The highest BCUT2D eigenvalue weighted by atomic mass is 32.2. The molecule has 2 rings (SSSR count). The van der Waals surface area contributed by atoms with Crippen LogP contribution in [0.5, 0.6) is 0 Å². The lowest BCUT2D eigenvalue weighted by atomic mass is 10.1. The molecule has 0 saturated heterocycles. The molecule has 2 aromatic rings. The number of aromatic nitrogens is 3. The van der Waals surface area contributed by atoms with Gasteiger partial charge in [0.2, 0.25) is 10.0 Å². The highest BCUT2D eigenvalue weighted by molar-refractivity contribution is 7.89. The highest BCUT2D eigenvalue weighted by Crippen LogP contribution is 2.18. The monoisotopic (exact) mass is 322 g/mol. The quantitative estimate of drug-likeness (QED) is 0.881. The smallest absolute Gasteiger partial charge is 0.207 e. The van der Waals surface area contributed by atoms with Crippen LogP contribution >= 0.6 is 0 Å². The van der Waals surface area contributed by atoms with Gasteiger partial charge >= 0.3 is 0 Å². The van der Waals surface area contributed by atoms with Gasteiger partial charge < -0.3 is 0 Å². The van der Waals surface area contributed by atoms with Crippen LogP contribution in [-0.4, -0.2) is 29.5 Å². The van der Waals surface area contributed by atoms with Crippen molar-refractivity contribution >= 4 is 10.0 Å². The maximum absolute atomic E-state index is 12.6. The number of rotatable bonds is 6. The number of benzene rings is 1. The number of sulfonamides is 1. The van der Waals surface area contributed by atoms with Gasteiger partial charge in [0.25, 0.3) is 0 Å². The zero-order chi connectivity index (χ0) is 16.3. The SMILES string of the molecule is Cc1ccc(S(=O)(=O)NC(Cn2nccn2)C(C)C)c(C)c1. The molecule has 120 valence electrons. The second-order valence-electron chi connectivity index (χ2n) is 5.82. The summed E-state index contributed by atoms with van der Waals surface area (Å²) in [5.41, 5.74) is 1.78. The molecule has 22 heavy (non-hydrogen) atoms. The Hall–Kier alpha value is -1.73. The van der Waals surface area contributed by atoms with Crippen LogP contribution in [-0.2, 0) is 16.6 Å². The first-order valence-corrected chi connectivity index (χ1v) is 8.71. The molecular formula is C15H22N4O2S. The van der Waals surface area contributed by atoms with Gasteiger partial charge in [-0.2, -0.15) is 15.0 Å². The third-order valence-corrected chi connectivity index (χ3v) is 5.21. The third-order valence-electron chi connectivity index (χ3n) is 3.56. The van der Waals surface area contributed by atoms with E-state index in [4.69, 9.17) is 0 Å². The molecule has 0 bridgehead atoms. The topological polar surface area (TPSA) is 76.9 Å². The van der Waals surface area contributed by atoms with E-state index in [0.29, 0.717) is 11.4 Å². The van der Waals surface area contributed by atoms with E-state index in [-0.39, 0.29) is 12.0 Å². The lowest BCUT2D eigenvalue weighted by molar-refractivity contribution is 0.361. The maximum Gasteiger partial charge on any atom is 0.241 e. The van der Waals surface area contributed by atoms with E-state index < -0.39 is 10.0 Å². The Morgan fingerprint density at radius 2 is 1.82 bits per heavy atom. The van der Waals surface area contributed by atoms with Crippen molar-refractivity contribution in [1.29, 1.82) is 0 Å². The van der Waals surface area contributed by atoms with Crippen molar-refractivity contribution in [2.75, 3.05) is 0 Å². The van der Waals surface area contributed by atoms with Crippen molar-refractivity contribution in [2.45, 2.75) is 45.2 Å². The van der Waals surface area contributed by atoms with Gasteiger partial charge in [-0.05, 0) is 31.4 Å². The minimum absolute atomic E-state index is 0.117. The summed E-state index contributed by atoms with van der Waals surface area (Å²) in [6, 6.07) is 5.05. The minimum Gasteiger partial charge on any atom is -0.207 e. The first-order chi connectivity index (χ1) is 10.3. The lowest BCUT2D eigenvalue weighted by Crippen LogP contribution is -2.42. The Bertz CT molecular complexity index is 724. The number of hydrogen-bond donors (Lipinski definition) is 1. The van der Waals surface area contributed by atoms with Crippen LogP contribution in [0.15, 0.2) is 35.5 Å². The predicted octanol–water partition coefficient (Wildman–Crippen LogP) is 1.90. The van der Waals surface area contributed by atoms with Crippen molar-refractivity contribution < 1.29 is 8.42 Å². The van der Waals surface area contributed by atoms with Crippen LogP contribution in [0.2, 0.25) is 0 Å². The summed E-state index contributed by atoms with van der Waals surface area (Å²) in [5.74, 6) is 0.117. The molecule has 6 nitrogen and oxygen atoms in total. The Morgan fingerprint density at radius 1 is 1.18 bits per heavy atom. The molecule has 1 unspecified atom stereocenters. The van der Waals surface area contributed by atoms with E-state index in [1.807, 2.05) is 26.8 Å². The van der Waals surface area contributed by atoms with Crippen molar-refractivity contribution in [1.82, 2.24) is 19.7 Å². The average Bonchev–Trinajstić information content (AvgIpc) is 2.90. The summed E-state index contributed by atoms with van der Waals surface area (Å²) in [4.78, 5) is 1.81. The molecule has 1 aromatic carbocycles. The molecule has 0 saturated carbocycles. The summed E-state index contributed by atoms with van der Waals surface area (Å²) in [6.45, 7) is 8.09. The van der Waals surface area contributed by atoms with Gasteiger partial charge in [-0.25, -0.2) is 13.1 Å². The zero-order valence-corrected chi connectivity index (χ0v) is 14.1. The highest BCUT2D eigenvalue weighted by Gasteiger charge is 2.24. The predicted molar refractivity (Wildman–Crippen MR) is 84.9 cm³/mol. The Labute approximate surface area is 131 Å². The molecule has 0 spiro atoms. The Morgan fingerprint density at radius 3 is 2.36 bits per heavy atom. The summed E-state index contributed by atoms with van der Waals surface area (Å²) >= 11 is 0. The average molecular weight is 322 g/mol. The molecule has 0 aliphatic rings. The molecule has 0 radical (unpaired) electrons. The standard InChI is InChI=1S/C15H22N4O2S/c1-11(2)14(10-19-16-7-8-17-19)18-22(20,21)15-6-5-12(3)9-13(15)4/h5-9,11,14,18H,10H2,1-4H3. The molecular weight excluding hydrogens is 300 g/mol. The van der Waals surface area contributed by atoms with Gasteiger partial charge in [0.05, 0.1) is 23.8 Å². The van der Waals surface area contributed by atoms with Crippen LogP contribution in [0.1, 0.15) is 25.0 Å². The third kappa shape index (κ3) is 3.92. The fourth-order valence-electron chi connectivity index (χ4n) is 2.26. The van der Waals surface area contributed by atoms with E-state index in [2.05, 4.69) is 14.9 Å². The summed E-state index contributed by atoms with van der Waals surface area (Å²) in [5, 5.41) is 8.08. The van der Waals surface area contributed by atoms with E-state index >= 15 is 0 Å². The molecule has 1 aromatic heterocycles. The van der Waals surface area contributed by atoms with Crippen molar-refractivity contribution in [2.24, 2.45) is 5.92 Å². The normalized spacial score (nSPS) is 13.5. The van der Waals surface area contributed by atoms with Crippen LogP contribution in [0, 0.1) is 19.8 Å². The van der Waals surface area contributed by atoms with E-state index in [1.54, 1.807) is 31.5 Å². The lowest BCUT2D eigenvalue weighted by Gasteiger charge is -2.22. The van der Waals surface area contributed by atoms with E-state index in [0.717, 1.165) is 11.1 Å². The van der Waals surface area contributed by atoms with Gasteiger partial charge in [-0.1, -0.05) is 31.5 Å². The van der Waals surface area contributed by atoms with Crippen molar-refractivity contribution in [3.05, 3.63) is 41.7 Å². The summed E-state index contributed by atoms with van der Waals surface area (Å²) < 4.78 is 28.1. The number of aryl methyl sites for hydroxylation is 2. The number of hydrogen-bond acceptors (Lipinski definition) is 4. The maximum atomic E-state index is 12.6. The second-order valence-corrected chi connectivity index (χ2v) is 7.51. The van der Waals surface area contributed by atoms with Crippen LogP contribution in [0.3, 0.4) is 0 Å². The summed E-state index contributed by atoms with van der Waals surface area (Å²) in [6.07, 6.45) is 3.16. The largest absolute Gasteiger partial charge is 0.241 e. The number of nitrogens with one attached hydrogen (secondary N) is 1. The van der Waals surface area contributed by atoms with Crippen LogP contribution in [0.25, 0.3) is 0 Å². The van der Waals surface area contributed by atoms with Gasteiger partial charge in [0.1, 0.15) is 0 Å². The molecule has 7 heteroatoms. The number of nitrogens with zero attached hydrogens (tertiary/aromatic N) is 3. The van der Waals surface area contributed by atoms with E-state index in [9.17, 15) is 8.42 Å². The van der Waals surface area contributed by atoms with Crippen LogP contribution in [0.4, 0.5) is 0 Å². The molecule has 0 amide bonds. The summed E-state index contributed by atoms with van der Waals surface area (Å²) in [7, 11) is -3.57. The van der Waals surface area contributed by atoms with Gasteiger partial charge in [0, 0.05) is 6.04 Å². The fraction of sp³-hybridized carbons (Fsp3) is 0.467.